The van der Waals surface area contributed by atoms with E-state index in [1.807, 2.05) is 17.0 Å². The van der Waals surface area contributed by atoms with E-state index in [1.165, 1.54) is 0 Å². The number of benzene rings is 1. The predicted octanol–water partition coefficient (Wildman–Crippen LogP) is 3.06. The topological polar surface area (TPSA) is 66.0 Å². The van der Waals surface area contributed by atoms with Crippen LogP contribution in [0.3, 0.4) is 0 Å². The molecule has 150 valence electrons. The van der Waals surface area contributed by atoms with Crippen molar-refractivity contribution in [2.45, 2.75) is 51.7 Å². The van der Waals surface area contributed by atoms with E-state index >= 15 is 0 Å². The van der Waals surface area contributed by atoms with Crippen LogP contribution in [0.1, 0.15) is 44.6 Å². The second-order valence-electron chi connectivity index (χ2n) is 6.88. The highest BCUT2D eigenvalue weighted by molar-refractivity contribution is 14.0. The number of ether oxygens (including phenoxy) is 1. The molecule has 2 saturated heterocycles. The number of carbonyl (C=O) groups excluding carboxylic acids is 1. The number of guanidine groups is 1. The SMILES string of the molecule is CCNC(=NCc1ccc(N2CCCCC2=O)cc1)NCC1CCCO1.I. The summed E-state index contributed by atoms with van der Waals surface area (Å²) in [5.41, 5.74) is 2.12. The van der Waals surface area contributed by atoms with E-state index in [0.29, 0.717) is 19.1 Å². The Morgan fingerprint density at radius 3 is 2.70 bits per heavy atom. The molecular formula is C20H31IN4O2. The van der Waals surface area contributed by atoms with Gasteiger partial charge in [0.1, 0.15) is 0 Å². The number of piperidine rings is 1. The van der Waals surface area contributed by atoms with E-state index in [2.05, 4.69) is 34.7 Å². The molecule has 2 fully saturated rings. The molecule has 1 atom stereocenters. The van der Waals surface area contributed by atoms with Gasteiger partial charge in [-0.1, -0.05) is 12.1 Å². The minimum Gasteiger partial charge on any atom is -0.376 e. The molecule has 1 aromatic rings. The number of hydrogen-bond acceptors (Lipinski definition) is 3. The van der Waals surface area contributed by atoms with Gasteiger partial charge in [0, 0.05) is 38.3 Å². The predicted molar refractivity (Wildman–Crippen MR) is 120 cm³/mol. The Morgan fingerprint density at radius 1 is 1.22 bits per heavy atom. The fourth-order valence-electron chi connectivity index (χ4n) is 3.39. The molecule has 2 aliphatic heterocycles. The summed E-state index contributed by atoms with van der Waals surface area (Å²) in [6, 6.07) is 8.18. The summed E-state index contributed by atoms with van der Waals surface area (Å²) >= 11 is 0. The van der Waals surface area contributed by atoms with Crippen molar-refractivity contribution >= 4 is 41.5 Å². The van der Waals surface area contributed by atoms with Gasteiger partial charge >= 0.3 is 0 Å². The van der Waals surface area contributed by atoms with Gasteiger partial charge in [0.2, 0.25) is 5.91 Å². The third-order valence-corrected chi connectivity index (χ3v) is 4.86. The minimum absolute atomic E-state index is 0. The van der Waals surface area contributed by atoms with Gasteiger partial charge in [-0.2, -0.15) is 0 Å². The third-order valence-electron chi connectivity index (χ3n) is 4.86. The normalized spacial score (nSPS) is 20.3. The molecule has 0 spiro atoms. The monoisotopic (exact) mass is 486 g/mol. The van der Waals surface area contributed by atoms with Crippen LogP contribution in [-0.4, -0.2) is 44.2 Å². The molecule has 1 aromatic carbocycles. The van der Waals surface area contributed by atoms with Crippen molar-refractivity contribution in [1.82, 2.24) is 10.6 Å². The zero-order chi connectivity index (χ0) is 18.2. The zero-order valence-electron chi connectivity index (χ0n) is 16.1. The van der Waals surface area contributed by atoms with Gasteiger partial charge in [-0.15, -0.1) is 24.0 Å². The van der Waals surface area contributed by atoms with Crippen LogP contribution < -0.4 is 15.5 Å². The van der Waals surface area contributed by atoms with Crippen molar-refractivity contribution < 1.29 is 9.53 Å². The lowest BCUT2D eigenvalue weighted by Gasteiger charge is -2.26. The Labute approximate surface area is 179 Å². The van der Waals surface area contributed by atoms with Crippen molar-refractivity contribution in [3.05, 3.63) is 29.8 Å². The largest absolute Gasteiger partial charge is 0.376 e. The number of anilines is 1. The summed E-state index contributed by atoms with van der Waals surface area (Å²) in [5, 5.41) is 6.64. The maximum atomic E-state index is 12.0. The first-order valence-corrected chi connectivity index (χ1v) is 9.79. The van der Waals surface area contributed by atoms with Crippen LogP contribution in [0.4, 0.5) is 5.69 Å². The minimum atomic E-state index is 0. The van der Waals surface area contributed by atoms with Crippen LogP contribution in [0.2, 0.25) is 0 Å². The van der Waals surface area contributed by atoms with Gasteiger partial charge in [-0.3, -0.25) is 4.79 Å². The van der Waals surface area contributed by atoms with Gasteiger partial charge < -0.3 is 20.3 Å². The molecule has 2 N–H and O–H groups in total. The molecule has 0 radical (unpaired) electrons. The highest BCUT2D eigenvalue weighted by Gasteiger charge is 2.19. The number of halogens is 1. The van der Waals surface area contributed by atoms with E-state index in [4.69, 9.17) is 4.74 Å². The van der Waals surface area contributed by atoms with Crippen LogP contribution in [0.15, 0.2) is 29.3 Å². The fraction of sp³-hybridized carbons (Fsp3) is 0.600. The summed E-state index contributed by atoms with van der Waals surface area (Å²) in [5.74, 6) is 1.05. The molecule has 3 rings (SSSR count). The van der Waals surface area contributed by atoms with Crippen LogP contribution in [0.25, 0.3) is 0 Å². The molecule has 27 heavy (non-hydrogen) atoms. The summed E-state index contributed by atoms with van der Waals surface area (Å²) in [4.78, 5) is 18.6. The smallest absolute Gasteiger partial charge is 0.226 e. The van der Waals surface area contributed by atoms with Crippen LogP contribution in [0.5, 0.6) is 0 Å². The van der Waals surface area contributed by atoms with Gasteiger partial charge in [-0.25, -0.2) is 4.99 Å². The van der Waals surface area contributed by atoms with Crippen molar-refractivity contribution in [1.29, 1.82) is 0 Å². The molecule has 0 saturated carbocycles. The Bertz CT molecular complexity index is 615. The Hall–Kier alpha value is -1.35. The zero-order valence-corrected chi connectivity index (χ0v) is 18.4. The number of carbonyl (C=O) groups is 1. The van der Waals surface area contributed by atoms with E-state index in [-0.39, 0.29) is 29.9 Å². The van der Waals surface area contributed by atoms with Crippen LogP contribution in [-0.2, 0) is 16.1 Å². The summed E-state index contributed by atoms with van der Waals surface area (Å²) in [7, 11) is 0. The molecule has 2 heterocycles. The standard InChI is InChI=1S/C20H30N4O2.HI/c1-2-21-20(23-15-18-6-5-13-26-18)22-14-16-8-10-17(11-9-16)24-12-4-3-7-19(24)25;/h8-11,18H,2-7,12-15H2,1H3,(H2,21,22,23);1H. The number of amides is 1. The molecule has 0 bridgehead atoms. The number of hydrogen-bond donors (Lipinski definition) is 2. The Kier molecular flexibility index (Phi) is 9.33. The molecule has 1 amide bonds. The van der Waals surface area contributed by atoms with Crippen molar-refractivity contribution in [2.75, 3.05) is 31.1 Å². The molecule has 6 nitrogen and oxygen atoms in total. The highest BCUT2D eigenvalue weighted by atomic mass is 127. The molecule has 0 aromatic heterocycles. The Balaban J connectivity index is 0.00000261. The van der Waals surface area contributed by atoms with E-state index in [0.717, 1.165) is 69.1 Å². The number of aliphatic imine (C=N–C) groups is 1. The van der Waals surface area contributed by atoms with Gasteiger partial charge in [0.25, 0.3) is 0 Å². The number of rotatable bonds is 6. The number of nitrogens with zero attached hydrogens (tertiary/aromatic N) is 2. The summed E-state index contributed by atoms with van der Waals surface area (Å²) in [6.45, 7) is 5.98. The summed E-state index contributed by atoms with van der Waals surface area (Å²) < 4.78 is 5.65. The lowest BCUT2D eigenvalue weighted by Crippen LogP contribution is -2.41. The van der Waals surface area contributed by atoms with Crippen LogP contribution in [0, 0.1) is 0 Å². The first-order valence-electron chi connectivity index (χ1n) is 9.79. The second kappa shape index (κ2) is 11.5. The van der Waals surface area contributed by atoms with Gasteiger partial charge in [-0.05, 0) is 50.3 Å². The average molecular weight is 486 g/mol. The lowest BCUT2D eigenvalue weighted by molar-refractivity contribution is -0.119. The van der Waals surface area contributed by atoms with E-state index in [9.17, 15) is 4.79 Å². The highest BCUT2D eigenvalue weighted by Crippen LogP contribution is 2.21. The lowest BCUT2D eigenvalue weighted by atomic mass is 10.1. The van der Waals surface area contributed by atoms with Crippen LogP contribution >= 0.6 is 24.0 Å². The Morgan fingerprint density at radius 2 is 2.04 bits per heavy atom. The maximum absolute atomic E-state index is 12.0. The maximum Gasteiger partial charge on any atom is 0.226 e. The first kappa shape index (κ1) is 21.9. The van der Waals surface area contributed by atoms with E-state index < -0.39 is 0 Å². The third kappa shape index (κ3) is 6.64. The molecule has 1 unspecified atom stereocenters. The number of nitrogens with one attached hydrogen (secondary N) is 2. The van der Waals surface area contributed by atoms with E-state index in [1.54, 1.807) is 0 Å². The van der Waals surface area contributed by atoms with Crippen molar-refractivity contribution in [2.24, 2.45) is 4.99 Å². The fourth-order valence-corrected chi connectivity index (χ4v) is 3.39. The quantitative estimate of drug-likeness (QED) is 0.369. The molecule has 0 aliphatic carbocycles. The molecular weight excluding hydrogens is 455 g/mol. The van der Waals surface area contributed by atoms with Gasteiger partial charge in [0.05, 0.1) is 12.6 Å². The molecule has 2 aliphatic rings. The summed E-state index contributed by atoms with van der Waals surface area (Å²) in [6.07, 6.45) is 5.30. The average Bonchev–Trinajstić information content (AvgIpc) is 3.19. The van der Waals surface area contributed by atoms with Crippen molar-refractivity contribution in [3.63, 3.8) is 0 Å². The second-order valence-corrected chi connectivity index (χ2v) is 6.88. The van der Waals surface area contributed by atoms with Crippen molar-refractivity contribution in [3.8, 4) is 0 Å². The van der Waals surface area contributed by atoms with Gasteiger partial charge in [0.15, 0.2) is 5.96 Å². The molecule has 7 heteroatoms. The first-order chi connectivity index (χ1) is 12.8.